The zero-order valence-corrected chi connectivity index (χ0v) is 11.8. The largest absolute Gasteiger partial charge is 0.497 e. The number of hydrogen-bond acceptors (Lipinski definition) is 4. The highest BCUT2D eigenvalue weighted by Crippen LogP contribution is 2.23. The fourth-order valence-electron chi connectivity index (χ4n) is 1.70. The van der Waals surface area contributed by atoms with Crippen LogP contribution < -0.4 is 10.5 Å². The van der Waals surface area contributed by atoms with Crippen molar-refractivity contribution in [3.05, 3.63) is 29.3 Å². The smallest absolute Gasteiger partial charge is 0.307 e. The summed E-state index contributed by atoms with van der Waals surface area (Å²) in [5.41, 5.74) is 7.94. The first-order chi connectivity index (χ1) is 8.08. The summed E-state index contributed by atoms with van der Waals surface area (Å²) in [6, 6.07) is 5.30. The first kappa shape index (κ1) is 16.7. The molecule has 2 N–H and O–H groups in total. The van der Waals surface area contributed by atoms with E-state index in [-0.39, 0.29) is 30.8 Å². The number of nitrogens with two attached hydrogens (primary N) is 1. The number of ether oxygens (including phenoxy) is 2. The molecule has 1 aromatic rings. The summed E-state index contributed by atoms with van der Waals surface area (Å²) >= 11 is 0. The molecule has 0 saturated heterocycles. The van der Waals surface area contributed by atoms with Crippen LogP contribution in [0.3, 0.4) is 0 Å². The van der Waals surface area contributed by atoms with Crippen LogP contribution in [0.5, 0.6) is 5.75 Å². The van der Waals surface area contributed by atoms with Gasteiger partial charge in [0.1, 0.15) is 5.75 Å². The molecule has 5 heteroatoms. The fourth-order valence-corrected chi connectivity index (χ4v) is 1.70. The van der Waals surface area contributed by atoms with Crippen molar-refractivity contribution >= 4 is 18.4 Å². The number of carbonyl (C=O) groups excluding carboxylic acids is 1. The maximum atomic E-state index is 11.3. The first-order valence-corrected chi connectivity index (χ1v) is 5.64. The van der Waals surface area contributed by atoms with Gasteiger partial charge >= 0.3 is 5.97 Å². The molecule has 0 aromatic heterocycles. The summed E-state index contributed by atoms with van der Waals surface area (Å²) in [5, 5.41) is 0. The lowest BCUT2D eigenvalue weighted by atomic mass is 9.99. The number of aryl methyl sites for hydroxylation is 1. The number of rotatable bonds is 5. The van der Waals surface area contributed by atoms with Crippen molar-refractivity contribution in [3.8, 4) is 5.75 Å². The Kier molecular flexibility index (Phi) is 7.39. The third kappa shape index (κ3) is 4.55. The van der Waals surface area contributed by atoms with E-state index >= 15 is 0 Å². The maximum Gasteiger partial charge on any atom is 0.307 e. The second-order valence-corrected chi connectivity index (χ2v) is 3.84. The lowest BCUT2D eigenvalue weighted by molar-refractivity contribution is -0.143. The zero-order valence-electron chi connectivity index (χ0n) is 10.9. The van der Waals surface area contributed by atoms with E-state index in [0.717, 1.165) is 16.9 Å². The van der Waals surface area contributed by atoms with E-state index < -0.39 is 0 Å². The average molecular weight is 274 g/mol. The summed E-state index contributed by atoms with van der Waals surface area (Å²) in [6.07, 6.45) is 0.195. The molecule has 4 nitrogen and oxygen atoms in total. The number of benzene rings is 1. The molecular weight excluding hydrogens is 254 g/mol. The van der Waals surface area contributed by atoms with Gasteiger partial charge in [-0.1, -0.05) is 6.07 Å². The minimum absolute atomic E-state index is 0. The van der Waals surface area contributed by atoms with Gasteiger partial charge in [-0.2, -0.15) is 0 Å². The van der Waals surface area contributed by atoms with Crippen LogP contribution in [0.1, 0.15) is 30.5 Å². The molecule has 0 radical (unpaired) electrons. The lowest BCUT2D eigenvalue weighted by Gasteiger charge is -2.14. The highest BCUT2D eigenvalue weighted by molar-refractivity contribution is 5.85. The van der Waals surface area contributed by atoms with E-state index in [1.807, 2.05) is 25.1 Å². The highest BCUT2D eigenvalue weighted by atomic mass is 35.5. The van der Waals surface area contributed by atoms with Gasteiger partial charge in [0.2, 0.25) is 0 Å². The average Bonchev–Trinajstić information content (AvgIpc) is 2.28. The van der Waals surface area contributed by atoms with Gasteiger partial charge in [-0.3, -0.25) is 4.79 Å². The highest BCUT2D eigenvalue weighted by Gasteiger charge is 2.14. The Labute approximate surface area is 114 Å². The Morgan fingerprint density at radius 2 is 2.11 bits per heavy atom. The summed E-state index contributed by atoms with van der Waals surface area (Å²) in [6.45, 7) is 4.11. The monoisotopic (exact) mass is 273 g/mol. The molecule has 18 heavy (non-hydrogen) atoms. The SMILES string of the molecule is CCOC(=O)C[C@H](N)c1ccc(OC)cc1C.Cl. The van der Waals surface area contributed by atoms with Gasteiger partial charge in [0.15, 0.2) is 0 Å². The Balaban J connectivity index is 0.00000289. The van der Waals surface area contributed by atoms with Crippen LogP contribution in [0.15, 0.2) is 18.2 Å². The quantitative estimate of drug-likeness (QED) is 0.837. The van der Waals surface area contributed by atoms with E-state index in [4.69, 9.17) is 15.2 Å². The third-order valence-electron chi connectivity index (χ3n) is 2.57. The van der Waals surface area contributed by atoms with Crippen molar-refractivity contribution in [1.82, 2.24) is 0 Å². The molecule has 1 rings (SSSR count). The van der Waals surface area contributed by atoms with Crippen molar-refractivity contribution in [2.24, 2.45) is 5.73 Å². The second kappa shape index (κ2) is 7.95. The number of methoxy groups -OCH3 is 1. The van der Waals surface area contributed by atoms with Crippen molar-refractivity contribution in [3.63, 3.8) is 0 Å². The van der Waals surface area contributed by atoms with Crippen LogP contribution in [0.4, 0.5) is 0 Å². The van der Waals surface area contributed by atoms with Gasteiger partial charge in [-0.25, -0.2) is 0 Å². The molecule has 0 aliphatic carbocycles. The van der Waals surface area contributed by atoms with Gasteiger partial charge in [-0.05, 0) is 37.1 Å². The predicted molar refractivity (Wildman–Crippen MR) is 73.2 cm³/mol. The van der Waals surface area contributed by atoms with Gasteiger partial charge in [0, 0.05) is 6.04 Å². The molecule has 1 atom stereocenters. The molecule has 0 aliphatic heterocycles. The molecule has 0 amide bonds. The lowest BCUT2D eigenvalue weighted by Crippen LogP contribution is -2.18. The summed E-state index contributed by atoms with van der Waals surface area (Å²) in [4.78, 5) is 11.3. The molecule has 0 aliphatic rings. The summed E-state index contributed by atoms with van der Waals surface area (Å²) < 4.78 is 9.99. The Hall–Kier alpha value is -1.26. The molecular formula is C13H20ClNO3. The maximum absolute atomic E-state index is 11.3. The summed E-state index contributed by atoms with van der Waals surface area (Å²) in [5.74, 6) is 0.518. The molecule has 0 fully saturated rings. The van der Waals surface area contributed by atoms with Gasteiger partial charge in [-0.15, -0.1) is 12.4 Å². The van der Waals surface area contributed by atoms with Crippen LogP contribution in [0, 0.1) is 6.92 Å². The van der Waals surface area contributed by atoms with E-state index in [2.05, 4.69) is 0 Å². The Morgan fingerprint density at radius 3 is 2.61 bits per heavy atom. The van der Waals surface area contributed by atoms with Crippen LogP contribution in [0.25, 0.3) is 0 Å². The normalized spacial score (nSPS) is 11.3. The van der Waals surface area contributed by atoms with E-state index in [1.54, 1.807) is 14.0 Å². The topological polar surface area (TPSA) is 61.5 Å². The molecule has 102 valence electrons. The van der Waals surface area contributed by atoms with Gasteiger partial charge < -0.3 is 15.2 Å². The van der Waals surface area contributed by atoms with Crippen molar-refractivity contribution < 1.29 is 14.3 Å². The second-order valence-electron chi connectivity index (χ2n) is 3.84. The Morgan fingerprint density at radius 1 is 1.44 bits per heavy atom. The van der Waals surface area contributed by atoms with Crippen molar-refractivity contribution in [1.29, 1.82) is 0 Å². The fraction of sp³-hybridized carbons (Fsp3) is 0.462. The Bertz CT molecular complexity index is 396. The van der Waals surface area contributed by atoms with Gasteiger partial charge in [0.05, 0.1) is 20.1 Å². The van der Waals surface area contributed by atoms with Crippen LogP contribution in [-0.2, 0) is 9.53 Å². The molecule has 0 spiro atoms. The minimum Gasteiger partial charge on any atom is -0.497 e. The van der Waals surface area contributed by atoms with E-state index in [1.165, 1.54) is 0 Å². The van der Waals surface area contributed by atoms with Gasteiger partial charge in [0.25, 0.3) is 0 Å². The van der Waals surface area contributed by atoms with Crippen LogP contribution >= 0.6 is 12.4 Å². The van der Waals surface area contributed by atoms with E-state index in [0.29, 0.717) is 6.61 Å². The first-order valence-electron chi connectivity index (χ1n) is 5.64. The zero-order chi connectivity index (χ0) is 12.8. The standard InChI is InChI=1S/C13H19NO3.ClH/c1-4-17-13(15)8-12(14)11-6-5-10(16-3)7-9(11)2;/h5-7,12H,4,8,14H2,1-3H3;1H/t12-;/m0./s1. The predicted octanol–water partition coefficient (Wildman–Crippen LogP) is 2.38. The number of carbonyl (C=O) groups is 1. The molecule has 0 unspecified atom stereocenters. The molecule has 1 aromatic carbocycles. The van der Waals surface area contributed by atoms with Crippen molar-refractivity contribution in [2.75, 3.05) is 13.7 Å². The van der Waals surface area contributed by atoms with Crippen molar-refractivity contribution in [2.45, 2.75) is 26.3 Å². The number of halogens is 1. The summed E-state index contributed by atoms with van der Waals surface area (Å²) in [7, 11) is 1.62. The number of hydrogen-bond donors (Lipinski definition) is 1. The van der Waals surface area contributed by atoms with E-state index in [9.17, 15) is 4.79 Å². The molecule has 0 saturated carbocycles. The van der Waals surface area contributed by atoms with Crippen LogP contribution in [-0.4, -0.2) is 19.7 Å². The molecule has 0 heterocycles. The third-order valence-corrected chi connectivity index (χ3v) is 2.57. The molecule has 0 bridgehead atoms. The number of esters is 1. The van der Waals surface area contributed by atoms with Crippen LogP contribution in [0.2, 0.25) is 0 Å². The minimum atomic E-state index is -0.333.